The minimum Gasteiger partial charge on any atom is -0.338 e. The van der Waals surface area contributed by atoms with Crippen LogP contribution in [0.4, 0.5) is 0 Å². The van der Waals surface area contributed by atoms with Gasteiger partial charge in [0.2, 0.25) is 0 Å². The molecular weight excluding hydrogens is 460 g/mol. The average molecular weight is 493 g/mol. The molecule has 0 N–H and O–H groups in total. The van der Waals surface area contributed by atoms with E-state index in [9.17, 15) is 14.4 Å². The fourth-order valence-corrected chi connectivity index (χ4v) is 5.77. The number of benzene rings is 1. The summed E-state index contributed by atoms with van der Waals surface area (Å²) < 4.78 is 1.64. The lowest BCUT2D eigenvalue weighted by Crippen LogP contribution is -2.48. The van der Waals surface area contributed by atoms with Gasteiger partial charge in [0, 0.05) is 33.2 Å². The molecule has 3 aromatic rings. The summed E-state index contributed by atoms with van der Waals surface area (Å²) in [5.74, 6) is 0.185. The normalized spacial score (nSPS) is 15.1. The van der Waals surface area contributed by atoms with E-state index in [1.54, 1.807) is 23.9 Å². The van der Waals surface area contributed by atoms with Crippen molar-refractivity contribution in [2.24, 2.45) is 13.0 Å². The van der Waals surface area contributed by atoms with Gasteiger partial charge in [-0.25, -0.2) is 0 Å². The van der Waals surface area contributed by atoms with E-state index in [1.165, 1.54) is 23.8 Å². The van der Waals surface area contributed by atoms with E-state index < -0.39 is 0 Å². The lowest BCUT2D eigenvalue weighted by molar-refractivity contribution is 0.0518. The second-order valence-electron chi connectivity index (χ2n) is 9.32. The second-order valence-corrected chi connectivity index (χ2v) is 10.4. The Bertz CT molecular complexity index is 1210. The Hall–Kier alpha value is -3.26. The van der Waals surface area contributed by atoms with Crippen molar-refractivity contribution in [3.05, 3.63) is 75.2 Å². The number of aryl methyl sites for hydroxylation is 2. The van der Waals surface area contributed by atoms with Crippen molar-refractivity contribution in [1.29, 1.82) is 0 Å². The van der Waals surface area contributed by atoms with Crippen LogP contribution in [0, 0.1) is 12.8 Å². The Morgan fingerprint density at radius 3 is 2.31 bits per heavy atom. The molecule has 1 saturated heterocycles. The Kier molecular flexibility index (Phi) is 7.50. The molecule has 1 unspecified atom stereocenters. The maximum atomic E-state index is 13.4. The fraction of sp³-hybridized carbons (Fsp3) is 0.407. The highest BCUT2D eigenvalue weighted by molar-refractivity contribution is 7.15. The third-order valence-corrected chi connectivity index (χ3v) is 8.04. The van der Waals surface area contributed by atoms with E-state index in [4.69, 9.17) is 0 Å². The number of carbonyl (C=O) groups is 3. The minimum absolute atomic E-state index is 0.00316. The molecule has 0 aliphatic carbocycles. The van der Waals surface area contributed by atoms with E-state index >= 15 is 0 Å². The zero-order valence-electron chi connectivity index (χ0n) is 20.7. The van der Waals surface area contributed by atoms with Crippen LogP contribution in [-0.4, -0.2) is 63.4 Å². The molecule has 2 amide bonds. The Labute approximate surface area is 210 Å². The van der Waals surface area contributed by atoms with Crippen molar-refractivity contribution in [2.45, 2.75) is 39.2 Å². The number of amides is 2. The molecule has 184 valence electrons. The highest BCUT2D eigenvalue weighted by atomic mass is 32.1. The summed E-state index contributed by atoms with van der Waals surface area (Å²) in [7, 11) is 3.68. The maximum absolute atomic E-state index is 13.4. The number of hydrogen-bond acceptors (Lipinski definition) is 5. The van der Waals surface area contributed by atoms with Gasteiger partial charge in [0.05, 0.1) is 15.4 Å². The number of piperidine rings is 1. The van der Waals surface area contributed by atoms with Crippen LogP contribution in [0.1, 0.15) is 60.9 Å². The number of likely N-dealkylation sites (N-methyl/N-ethyl adjacent to an activating group) is 1. The molecule has 1 aromatic carbocycles. The predicted octanol–water partition coefficient (Wildman–Crippen LogP) is 4.23. The molecule has 0 spiro atoms. The number of carbonyl (C=O) groups excluding carboxylic acids is 3. The smallest absolute Gasteiger partial charge is 0.272 e. The molecule has 1 fully saturated rings. The lowest BCUT2D eigenvalue weighted by atomic mass is 9.84. The minimum atomic E-state index is -0.0390. The first kappa shape index (κ1) is 24.9. The van der Waals surface area contributed by atoms with E-state index in [2.05, 4.69) is 17.2 Å². The van der Waals surface area contributed by atoms with Crippen molar-refractivity contribution < 1.29 is 14.4 Å². The van der Waals surface area contributed by atoms with Crippen molar-refractivity contribution in [2.75, 3.05) is 20.1 Å². The number of nitrogens with zero attached hydrogens (tertiary/aromatic N) is 4. The Morgan fingerprint density at radius 1 is 1.09 bits per heavy atom. The van der Waals surface area contributed by atoms with Gasteiger partial charge >= 0.3 is 0 Å². The topological polar surface area (TPSA) is 75.5 Å². The average Bonchev–Trinajstić information content (AvgIpc) is 3.48. The number of aromatic nitrogens is 2. The van der Waals surface area contributed by atoms with Crippen molar-refractivity contribution in [3.8, 4) is 0 Å². The zero-order chi connectivity index (χ0) is 25.1. The number of ketones is 1. The van der Waals surface area contributed by atoms with Crippen LogP contribution in [0.2, 0.25) is 0 Å². The fourth-order valence-electron chi connectivity index (χ4n) is 4.90. The second kappa shape index (κ2) is 10.6. The number of Topliss-reactive ketones (excluding diaryl/α,β-unsaturated/α-hetero) is 1. The number of rotatable bonds is 7. The van der Waals surface area contributed by atoms with Gasteiger partial charge in [0.25, 0.3) is 11.8 Å². The van der Waals surface area contributed by atoms with Crippen LogP contribution in [-0.2, 0) is 13.5 Å². The molecule has 1 aliphatic heterocycles. The lowest BCUT2D eigenvalue weighted by Gasteiger charge is -2.40. The van der Waals surface area contributed by atoms with Gasteiger partial charge in [-0.05, 0) is 62.8 Å². The molecule has 3 heterocycles. The van der Waals surface area contributed by atoms with Crippen LogP contribution in [0.25, 0.3) is 0 Å². The summed E-state index contributed by atoms with van der Waals surface area (Å²) in [5.41, 5.74) is 2.58. The molecule has 8 heteroatoms. The van der Waals surface area contributed by atoms with Gasteiger partial charge in [0.1, 0.15) is 5.69 Å². The van der Waals surface area contributed by atoms with Crippen LogP contribution in [0.5, 0.6) is 0 Å². The van der Waals surface area contributed by atoms with Crippen molar-refractivity contribution in [3.63, 3.8) is 0 Å². The Morgan fingerprint density at radius 2 is 1.74 bits per heavy atom. The molecule has 0 radical (unpaired) electrons. The largest absolute Gasteiger partial charge is 0.338 e. The zero-order valence-corrected chi connectivity index (χ0v) is 21.5. The molecule has 0 saturated carbocycles. The van der Waals surface area contributed by atoms with Crippen LogP contribution in [0.3, 0.4) is 0 Å². The van der Waals surface area contributed by atoms with E-state index in [1.807, 2.05) is 48.0 Å². The summed E-state index contributed by atoms with van der Waals surface area (Å²) in [6.07, 6.45) is 2.39. The predicted molar refractivity (Wildman–Crippen MR) is 137 cm³/mol. The summed E-state index contributed by atoms with van der Waals surface area (Å²) in [4.78, 5) is 43.0. The van der Waals surface area contributed by atoms with Gasteiger partial charge in [-0.3, -0.25) is 19.1 Å². The molecule has 1 aliphatic rings. The maximum Gasteiger partial charge on any atom is 0.272 e. The molecule has 7 nitrogen and oxygen atoms in total. The monoisotopic (exact) mass is 492 g/mol. The van der Waals surface area contributed by atoms with E-state index in [0.717, 1.165) is 25.0 Å². The number of likely N-dealkylation sites (tertiary alicyclic amines) is 1. The third kappa shape index (κ3) is 5.53. The van der Waals surface area contributed by atoms with Crippen molar-refractivity contribution >= 4 is 28.9 Å². The molecule has 4 rings (SSSR count). The molecule has 1 atom stereocenters. The van der Waals surface area contributed by atoms with Gasteiger partial charge in [-0.2, -0.15) is 5.10 Å². The van der Waals surface area contributed by atoms with Crippen molar-refractivity contribution in [1.82, 2.24) is 19.6 Å². The van der Waals surface area contributed by atoms with Crippen LogP contribution >= 0.6 is 11.3 Å². The van der Waals surface area contributed by atoms with Crippen LogP contribution < -0.4 is 0 Å². The summed E-state index contributed by atoms with van der Waals surface area (Å²) in [6.45, 7) is 4.67. The number of thiophene rings is 1. The summed E-state index contributed by atoms with van der Waals surface area (Å²) >= 11 is 1.26. The molecule has 2 aromatic heterocycles. The SMILES string of the molecule is CC(=O)c1ccc(C(=O)N2CCC(C(Cc3ccccc3)N(C)C(=O)c3cc(C)nn3C)CC2)s1. The third-order valence-electron chi connectivity index (χ3n) is 6.86. The molecule has 0 bridgehead atoms. The first-order valence-electron chi connectivity index (χ1n) is 12.0. The summed E-state index contributed by atoms with van der Waals surface area (Å²) in [6, 6.07) is 15.5. The molecular formula is C27H32N4O3S. The van der Waals surface area contributed by atoms with E-state index in [0.29, 0.717) is 28.5 Å². The first-order valence-corrected chi connectivity index (χ1v) is 12.8. The van der Waals surface area contributed by atoms with Gasteiger partial charge in [-0.15, -0.1) is 11.3 Å². The molecule has 35 heavy (non-hydrogen) atoms. The van der Waals surface area contributed by atoms with Gasteiger partial charge in [0.15, 0.2) is 5.78 Å². The highest BCUT2D eigenvalue weighted by Gasteiger charge is 2.34. The van der Waals surface area contributed by atoms with Gasteiger partial charge < -0.3 is 9.80 Å². The standard InChI is InChI=1S/C27H32N4O3S/c1-18-16-23(30(4)28-18)26(33)29(3)22(17-20-8-6-5-7-9-20)21-12-14-31(15-13-21)27(34)25-11-10-24(35-25)19(2)32/h5-11,16,21-22H,12-15,17H2,1-4H3. The summed E-state index contributed by atoms with van der Waals surface area (Å²) in [5, 5.41) is 4.35. The van der Waals surface area contributed by atoms with Gasteiger partial charge in [-0.1, -0.05) is 30.3 Å². The Balaban J connectivity index is 1.49. The highest BCUT2D eigenvalue weighted by Crippen LogP contribution is 2.29. The van der Waals surface area contributed by atoms with Crippen LogP contribution in [0.15, 0.2) is 48.5 Å². The number of hydrogen-bond donors (Lipinski definition) is 0. The first-order chi connectivity index (χ1) is 16.7. The van der Waals surface area contributed by atoms with E-state index in [-0.39, 0.29) is 29.6 Å². The quantitative estimate of drug-likeness (QED) is 0.463.